The first kappa shape index (κ1) is 25.3. The average molecular weight is 514 g/mol. The first-order valence-corrected chi connectivity index (χ1v) is 14.0. The fraction of sp³-hybridized carbons (Fsp3) is 0.962. The monoisotopic (exact) mass is 513 g/mol. The van der Waals surface area contributed by atoms with Gasteiger partial charge < -0.3 is 9.64 Å². The van der Waals surface area contributed by atoms with Gasteiger partial charge in [-0.1, -0.05) is 13.3 Å². The van der Waals surface area contributed by atoms with Crippen molar-refractivity contribution in [3.63, 3.8) is 0 Å². The molecule has 0 spiro atoms. The molecule has 7 nitrogen and oxygen atoms in total. The second-order valence-corrected chi connectivity index (χ2v) is 12.9. The maximum atomic E-state index is 14.2. The van der Waals surface area contributed by atoms with Crippen molar-refractivity contribution in [3.05, 3.63) is 0 Å². The van der Waals surface area contributed by atoms with Crippen LogP contribution in [0.2, 0.25) is 0 Å². The Morgan fingerprint density at radius 3 is 2.47 bits per heavy atom. The highest BCUT2D eigenvalue weighted by molar-refractivity contribution is 5.82. The Balaban J connectivity index is 1.16. The molecule has 7 atom stereocenters. The zero-order chi connectivity index (χ0) is 25.2. The van der Waals surface area contributed by atoms with E-state index in [1.165, 1.54) is 0 Å². The second kappa shape index (κ2) is 9.36. The smallest absolute Gasteiger partial charge is 0.380 e. The molecule has 0 aromatic heterocycles. The van der Waals surface area contributed by atoms with Gasteiger partial charge in [0.25, 0.3) is 0 Å². The first-order valence-electron chi connectivity index (χ1n) is 14.0. The van der Waals surface area contributed by atoms with Crippen LogP contribution in [0, 0.1) is 35.0 Å². The van der Waals surface area contributed by atoms with Gasteiger partial charge in [0.15, 0.2) is 0 Å². The summed E-state index contributed by atoms with van der Waals surface area (Å²) in [5, 5.41) is 0. The second-order valence-electron chi connectivity index (χ2n) is 12.9. The molecule has 4 saturated heterocycles. The van der Waals surface area contributed by atoms with E-state index in [1.807, 2.05) is 4.90 Å². The van der Waals surface area contributed by atoms with Crippen molar-refractivity contribution >= 4 is 5.91 Å². The summed E-state index contributed by atoms with van der Waals surface area (Å²) in [5.41, 5.74) is 6.66. The summed E-state index contributed by atoms with van der Waals surface area (Å²) in [6.07, 6.45) is 1.68. The number of hydrogen-bond donors (Lipinski definition) is 2. The number of rotatable bonds is 5. The average Bonchev–Trinajstić information content (AvgIpc) is 3.35. The normalized spacial score (nSPS) is 42.3. The highest BCUT2D eigenvalue weighted by Crippen LogP contribution is 2.52. The molecule has 2 aliphatic carbocycles. The lowest BCUT2D eigenvalue weighted by Crippen LogP contribution is -2.56. The quantitative estimate of drug-likeness (QED) is 0.590. The number of nitrogens with zero attached hydrogens (tertiary/aromatic N) is 3. The van der Waals surface area contributed by atoms with E-state index in [1.54, 1.807) is 0 Å². The summed E-state index contributed by atoms with van der Waals surface area (Å²) in [6.45, 7) is 6.43. The molecule has 7 unspecified atom stereocenters. The van der Waals surface area contributed by atoms with E-state index in [2.05, 4.69) is 34.6 Å². The number of alkyl halides is 3. The third-order valence-electron chi connectivity index (χ3n) is 10.6. The predicted molar refractivity (Wildman–Crippen MR) is 128 cm³/mol. The Hall–Kier alpha value is -0.940. The summed E-state index contributed by atoms with van der Waals surface area (Å²) in [7, 11) is 2.10. The van der Waals surface area contributed by atoms with Gasteiger partial charge in [-0.2, -0.15) is 13.2 Å². The lowest BCUT2D eigenvalue weighted by molar-refractivity contribution is -0.207. The molecule has 2 saturated carbocycles. The standard InChI is InChI=1S/C26H42F3N5O2/c1-16-10-33(11-16)19-7-20-21(22(8-19)26(27,28)29)12-34(24(20)35)18-5-3-4-17(6-18)25(13-36-14-25)9-23-31-30-15-32(23)2/h16-23,30-31H,3-15H2,1-2H3. The van der Waals surface area contributed by atoms with Crippen molar-refractivity contribution in [2.24, 2.45) is 35.0 Å². The van der Waals surface area contributed by atoms with Crippen molar-refractivity contribution < 1.29 is 22.7 Å². The Morgan fingerprint density at radius 2 is 1.86 bits per heavy atom. The molecule has 0 bridgehead atoms. The van der Waals surface area contributed by atoms with Crippen LogP contribution in [0.5, 0.6) is 0 Å². The predicted octanol–water partition coefficient (Wildman–Crippen LogP) is 2.64. The van der Waals surface area contributed by atoms with Gasteiger partial charge in [-0.25, -0.2) is 10.9 Å². The molecule has 6 aliphatic rings. The third kappa shape index (κ3) is 4.38. The molecule has 10 heteroatoms. The zero-order valence-corrected chi connectivity index (χ0v) is 21.6. The van der Waals surface area contributed by atoms with Crippen LogP contribution in [0.25, 0.3) is 0 Å². The maximum absolute atomic E-state index is 14.2. The molecule has 1 amide bonds. The van der Waals surface area contributed by atoms with Gasteiger partial charge >= 0.3 is 6.18 Å². The maximum Gasteiger partial charge on any atom is 0.392 e. The summed E-state index contributed by atoms with van der Waals surface area (Å²) in [5.74, 6) is -1.46. The Morgan fingerprint density at radius 1 is 1.08 bits per heavy atom. The van der Waals surface area contributed by atoms with Crippen LogP contribution >= 0.6 is 0 Å². The highest BCUT2D eigenvalue weighted by atomic mass is 19.4. The minimum atomic E-state index is -4.24. The minimum Gasteiger partial charge on any atom is -0.380 e. The van der Waals surface area contributed by atoms with Crippen molar-refractivity contribution in [1.29, 1.82) is 0 Å². The molecule has 6 rings (SSSR count). The molecule has 0 aromatic carbocycles. The van der Waals surface area contributed by atoms with Gasteiger partial charge in [0, 0.05) is 43.1 Å². The van der Waals surface area contributed by atoms with Crippen LogP contribution in [0.4, 0.5) is 13.2 Å². The Kier molecular flexibility index (Phi) is 6.59. The lowest BCUT2D eigenvalue weighted by atomic mass is 9.64. The van der Waals surface area contributed by atoms with E-state index in [9.17, 15) is 18.0 Å². The number of carbonyl (C=O) groups excluding carboxylic acids is 1. The van der Waals surface area contributed by atoms with Crippen LogP contribution in [-0.2, 0) is 9.53 Å². The van der Waals surface area contributed by atoms with E-state index in [4.69, 9.17) is 4.74 Å². The number of hydrazine groups is 1. The molecular formula is C26H42F3N5O2. The van der Waals surface area contributed by atoms with E-state index >= 15 is 0 Å². The van der Waals surface area contributed by atoms with Gasteiger partial charge in [0.2, 0.25) is 5.91 Å². The van der Waals surface area contributed by atoms with Crippen LogP contribution in [0.1, 0.15) is 51.9 Å². The molecule has 36 heavy (non-hydrogen) atoms. The summed E-state index contributed by atoms with van der Waals surface area (Å²) >= 11 is 0. The summed E-state index contributed by atoms with van der Waals surface area (Å²) in [6, 6.07) is -0.0555. The minimum absolute atomic E-state index is 0.00141. The van der Waals surface area contributed by atoms with Gasteiger partial charge in [-0.05, 0) is 63.3 Å². The van der Waals surface area contributed by atoms with Crippen molar-refractivity contribution in [2.75, 3.05) is 46.6 Å². The molecule has 6 fully saturated rings. The van der Waals surface area contributed by atoms with Crippen LogP contribution in [0.3, 0.4) is 0 Å². The number of ether oxygens (including phenoxy) is 1. The number of likely N-dealkylation sites (tertiary alicyclic amines) is 2. The van der Waals surface area contributed by atoms with Crippen LogP contribution < -0.4 is 10.9 Å². The van der Waals surface area contributed by atoms with Gasteiger partial charge in [-0.15, -0.1) is 0 Å². The van der Waals surface area contributed by atoms with Crippen molar-refractivity contribution in [2.45, 2.75) is 76.3 Å². The van der Waals surface area contributed by atoms with E-state index in [0.717, 1.165) is 65.1 Å². The third-order valence-corrected chi connectivity index (χ3v) is 10.6. The first-order chi connectivity index (χ1) is 17.1. The van der Waals surface area contributed by atoms with E-state index < -0.39 is 23.9 Å². The lowest BCUT2D eigenvalue weighted by Gasteiger charge is -2.52. The van der Waals surface area contributed by atoms with Crippen LogP contribution in [0.15, 0.2) is 0 Å². The number of hydrogen-bond acceptors (Lipinski definition) is 6. The largest absolute Gasteiger partial charge is 0.392 e. The van der Waals surface area contributed by atoms with Gasteiger partial charge in [0.05, 0.1) is 32.0 Å². The van der Waals surface area contributed by atoms with E-state index in [0.29, 0.717) is 18.3 Å². The fourth-order valence-corrected chi connectivity index (χ4v) is 8.42. The number of nitrogens with one attached hydrogen (secondary N) is 2. The highest BCUT2D eigenvalue weighted by Gasteiger charge is 2.59. The molecule has 2 N–H and O–H groups in total. The van der Waals surface area contributed by atoms with Crippen molar-refractivity contribution in [1.82, 2.24) is 25.6 Å². The molecule has 204 valence electrons. The molecule has 4 heterocycles. The van der Waals surface area contributed by atoms with Crippen molar-refractivity contribution in [3.8, 4) is 0 Å². The zero-order valence-electron chi connectivity index (χ0n) is 21.6. The number of carbonyl (C=O) groups is 1. The topological polar surface area (TPSA) is 60.1 Å². The molecule has 0 radical (unpaired) electrons. The van der Waals surface area contributed by atoms with Gasteiger partial charge in [0.1, 0.15) is 0 Å². The Bertz CT molecular complexity index is 833. The molecule has 4 aliphatic heterocycles. The SMILES string of the molecule is CC1CN(C2CC3C(=O)N(C4CCCC(C5(CC6NNCN6C)COC5)C4)CC3C(C(F)(F)F)C2)C1. The number of amides is 1. The van der Waals surface area contributed by atoms with Crippen LogP contribution in [-0.4, -0.2) is 91.6 Å². The molecular weight excluding hydrogens is 471 g/mol. The fourth-order valence-electron chi connectivity index (χ4n) is 8.42. The summed E-state index contributed by atoms with van der Waals surface area (Å²) < 4.78 is 48.4. The summed E-state index contributed by atoms with van der Waals surface area (Å²) in [4.78, 5) is 20.1. The van der Waals surface area contributed by atoms with Gasteiger partial charge in [-0.3, -0.25) is 14.6 Å². The Labute approximate surface area is 212 Å². The molecule has 0 aromatic rings. The van der Waals surface area contributed by atoms with E-state index in [-0.39, 0.29) is 42.5 Å². The number of halogens is 3. The number of fused-ring (bicyclic) bond motifs is 1.